The smallest absolute Gasteiger partial charge is 0.309 e. The highest BCUT2D eigenvalue weighted by atomic mass is 35.5. The topological polar surface area (TPSA) is 63.6 Å². The van der Waals surface area contributed by atoms with Crippen LogP contribution in [0.2, 0.25) is 5.02 Å². The van der Waals surface area contributed by atoms with E-state index in [1.807, 2.05) is 0 Å². The van der Waals surface area contributed by atoms with E-state index in [2.05, 4.69) is 4.74 Å². The van der Waals surface area contributed by atoms with Gasteiger partial charge >= 0.3 is 5.97 Å². The first-order valence-electron chi connectivity index (χ1n) is 4.79. The molecule has 0 radical (unpaired) electrons. The number of benzene rings is 1. The van der Waals surface area contributed by atoms with Crippen LogP contribution >= 0.6 is 11.6 Å². The fourth-order valence-electron chi connectivity index (χ4n) is 1.22. The fourth-order valence-corrected chi connectivity index (χ4v) is 1.46. The minimum atomic E-state index is -0.390. The van der Waals surface area contributed by atoms with Gasteiger partial charge in [-0.1, -0.05) is 23.8 Å². The lowest BCUT2D eigenvalue weighted by atomic mass is 10.1. The summed E-state index contributed by atoms with van der Waals surface area (Å²) in [5.41, 5.74) is 0.485. The van der Waals surface area contributed by atoms with Crippen LogP contribution in [0.5, 0.6) is 5.75 Å². The van der Waals surface area contributed by atoms with Gasteiger partial charge in [0.05, 0.1) is 19.1 Å². The van der Waals surface area contributed by atoms with Gasteiger partial charge in [-0.05, 0) is 12.1 Å². The number of phenolic OH excluding ortho intramolecular Hbond substituents is 1. The molecule has 1 aromatic rings. The van der Waals surface area contributed by atoms with Crippen molar-refractivity contribution in [3.05, 3.63) is 34.4 Å². The molecule has 0 aromatic heterocycles. The van der Waals surface area contributed by atoms with Crippen molar-refractivity contribution in [3.63, 3.8) is 0 Å². The van der Waals surface area contributed by atoms with E-state index in [0.29, 0.717) is 16.9 Å². The molecular weight excluding hydrogens is 244 g/mol. The normalized spacial score (nSPS) is 10.5. The number of aromatic hydroxyl groups is 1. The molecule has 1 rings (SSSR count). The molecule has 0 amide bonds. The molecular formula is C12H11ClO4. The highest BCUT2D eigenvalue weighted by molar-refractivity contribution is 6.31. The van der Waals surface area contributed by atoms with E-state index in [9.17, 15) is 14.7 Å². The van der Waals surface area contributed by atoms with Crippen molar-refractivity contribution in [2.45, 2.75) is 6.42 Å². The average molecular weight is 255 g/mol. The summed E-state index contributed by atoms with van der Waals surface area (Å²) in [4.78, 5) is 21.5. The summed E-state index contributed by atoms with van der Waals surface area (Å²) in [6.45, 7) is 0. The maximum absolute atomic E-state index is 10.9. The molecule has 0 heterocycles. The van der Waals surface area contributed by atoms with Gasteiger partial charge < -0.3 is 9.84 Å². The Morgan fingerprint density at radius 2 is 2.12 bits per heavy atom. The number of hydrogen-bond acceptors (Lipinski definition) is 4. The summed E-state index contributed by atoms with van der Waals surface area (Å²) in [6, 6.07) is 2.86. The molecule has 1 aromatic carbocycles. The lowest BCUT2D eigenvalue weighted by Gasteiger charge is -2.03. The van der Waals surface area contributed by atoms with E-state index < -0.39 is 5.97 Å². The number of halogens is 1. The van der Waals surface area contributed by atoms with Gasteiger partial charge in [-0.25, -0.2) is 0 Å². The predicted molar refractivity (Wildman–Crippen MR) is 64.2 cm³/mol. The summed E-state index contributed by atoms with van der Waals surface area (Å²) >= 11 is 5.77. The second kappa shape index (κ2) is 6.06. The SMILES string of the molecule is COC(=O)CC=Cc1cc(Cl)cc(C=O)c1O. The van der Waals surface area contributed by atoms with Crippen LogP contribution in [0, 0.1) is 0 Å². The zero-order valence-electron chi connectivity index (χ0n) is 9.14. The summed E-state index contributed by atoms with van der Waals surface area (Å²) < 4.78 is 4.45. The second-order valence-electron chi connectivity index (χ2n) is 3.23. The molecule has 4 nitrogen and oxygen atoms in total. The first kappa shape index (κ1) is 13.3. The first-order chi connectivity index (χ1) is 8.08. The fraction of sp³-hybridized carbons (Fsp3) is 0.167. The number of ether oxygens (including phenoxy) is 1. The molecule has 0 aliphatic heterocycles. The first-order valence-corrected chi connectivity index (χ1v) is 5.17. The van der Waals surface area contributed by atoms with E-state index in [0.717, 1.165) is 0 Å². The Bertz CT molecular complexity index is 466. The zero-order valence-corrected chi connectivity index (χ0v) is 9.90. The Balaban J connectivity index is 2.94. The summed E-state index contributed by atoms with van der Waals surface area (Å²) in [5, 5.41) is 10.0. The quantitative estimate of drug-likeness (QED) is 0.662. The van der Waals surface area contributed by atoms with E-state index in [4.69, 9.17) is 11.6 Å². The molecule has 0 spiro atoms. The number of phenols is 1. The van der Waals surface area contributed by atoms with Gasteiger partial charge in [0.2, 0.25) is 0 Å². The lowest BCUT2D eigenvalue weighted by molar-refractivity contribution is -0.139. The third kappa shape index (κ3) is 3.60. The average Bonchev–Trinajstić information content (AvgIpc) is 2.32. The minimum Gasteiger partial charge on any atom is -0.507 e. The number of carbonyl (C=O) groups is 2. The van der Waals surface area contributed by atoms with Crippen molar-refractivity contribution in [1.82, 2.24) is 0 Å². The summed E-state index contributed by atoms with van der Waals surface area (Å²) in [7, 11) is 1.29. The number of carbonyl (C=O) groups excluding carboxylic acids is 2. The third-order valence-electron chi connectivity index (χ3n) is 2.07. The van der Waals surface area contributed by atoms with Gasteiger partial charge in [0.25, 0.3) is 0 Å². The molecule has 0 aliphatic rings. The van der Waals surface area contributed by atoms with Crippen molar-refractivity contribution >= 4 is 29.9 Å². The number of aldehydes is 1. The molecule has 1 N–H and O–H groups in total. The van der Waals surface area contributed by atoms with Crippen LogP contribution in [0.25, 0.3) is 6.08 Å². The number of hydrogen-bond donors (Lipinski definition) is 1. The number of rotatable bonds is 4. The lowest BCUT2D eigenvalue weighted by Crippen LogP contribution is -1.96. The van der Waals surface area contributed by atoms with Crippen molar-refractivity contribution in [2.24, 2.45) is 0 Å². The second-order valence-corrected chi connectivity index (χ2v) is 3.67. The van der Waals surface area contributed by atoms with Gasteiger partial charge in [0, 0.05) is 10.6 Å². The molecule has 0 aliphatic carbocycles. The van der Waals surface area contributed by atoms with Crippen LogP contribution in [0.15, 0.2) is 18.2 Å². The largest absolute Gasteiger partial charge is 0.507 e. The van der Waals surface area contributed by atoms with E-state index in [1.54, 1.807) is 0 Å². The van der Waals surface area contributed by atoms with Gasteiger partial charge in [-0.15, -0.1) is 0 Å². The number of esters is 1. The van der Waals surface area contributed by atoms with Crippen LogP contribution in [-0.4, -0.2) is 24.5 Å². The van der Waals surface area contributed by atoms with Gasteiger partial charge in [-0.3, -0.25) is 9.59 Å². The van der Waals surface area contributed by atoms with Crippen molar-refractivity contribution in [2.75, 3.05) is 7.11 Å². The monoisotopic (exact) mass is 254 g/mol. The summed E-state index contributed by atoms with van der Waals surface area (Å²) in [6.07, 6.45) is 3.62. The van der Waals surface area contributed by atoms with Crippen molar-refractivity contribution < 1.29 is 19.4 Å². The Morgan fingerprint density at radius 3 is 2.71 bits per heavy atom. The standard InChI is InChI=1S/C12H11ClO4/c1-17-11(15)4-2-3-8-5-10(13)6-9(7-14)12(8)16/h2-3,5-7,16H,4H2,1H3. The Labute approximate surface area is 103 Å². The van der Waals surface area contributed by atoms with Crippen LogP contribution < -0.4 is 0 Å². The van der Waals surface area contributed by atoms with E-state index in [1.165, 1.54) is 31.4 Å². The van der Waals surface area contributed by atoms with Crippen LogP contribution in [0.3, 0.4) is 0 Å². The van der Waals surface area contributed by atoms with Gasteiger partial charge in [0.1, 0.15) is 5.75 Å². The molecule has 0 saturated carbocycles. The summed E-state index contributed by atoms with van der Waals surface area (Å²) in [5.74, 6) is -0.552. The molecule has 90 valence electrons. The molecule has 0 saturated heterocycles. The Kier molecular flexibility index (Phi) is 4.72. The molecule has 17 heavy (non-hydrogen) atoms. The third-order valence-corrected chi connectivity index (χ3v) is 2.29. The number of methoxy groups -OCH3 is 1. The van der Waals surface area contributed by atoms with E-state index in [-0.39, 0.29) is 17.7 Å². The highest BCUT2D eigenvalue weighted by Gasteiger charge is 2.06. The zero-order chi connectivity index (χ0) is 12.8. The maximum atomic E-state index is 10.9. The van der Waals surface area contributed by atoms with Gasteiger partial charge in [-0.2, -0.15) is 0 Å². The minimum absolute atomic E-state index is 0.0822. The molecule has 0 fully saturated rings. The molecule has 5 heteroatoms. The predicted octanol–water partition coefficient (Wildman–Crippen LogP) is 2.43. The van der Waals surface area contributed by atoms with Crippen LogP contribution in [0.4, 0.5) is 0 Å². The van der Waals surface area contributed by atoms with Crippen LogP contribution in [-0.2, 0) is 9.53 Å². The highest BCUT2D eigenvalue weighted by Crippen LogP contribution is 2.27. The molecule has 0 unspecified atom stereocenters. The Morgan fingerprint density at radius 1 is 1.47 bits per heavy atom. The van der Waals surface area contributed by atoms with Crippen molar-refractivity contribution in [1.29, 1.82) is 0 Å². The van der Waals surface area contributed by atoms with Crippen LogP contribution in [0.1, 0.15) is 22.3 Å². The van der Waals surface area contributed by atoms with E-state index >= 15 is 0 Å². The Hall–Kier alpha value is -1.81. The molecule has 0 atom stereocenters. The van der Waals surface area contributed by atoms with Gasteiger partial charge in [0.15, 0.2) is 6.29 Å². The maximum Gasteiger partial charge on any atom is 0.309 e. The molecule has 0 bridgehead atoms. The van der Waals surface area contributed by atoms with Crippen molar-refractivity contribution in [3.8, 4) is 5.75 Å².